The molecule has 0 aliphatic rings. The molecule has 0 heterocycles. The Kier molecular flexibility index (Phi) is 6.73. The van der Waals surface area contributed by atoms with Crippen LogP contribution in [0.25, 0.3) is 0 Å². The van der Waals surface area contributed by atoms with Crippen LogP contribution in [0, 0.1) is 5.82 Å². The molecule has 0 saturated carbocycles. The van der Waals surface area contributed by atoms with Crippen molar-refractivity contribution in [1.82, 2.24) is 4.72 Å². The second-order valence-corrected chi connectivity index (χ2v) is 9.10. The number of nitrogens with one attached hydrogen (secondary N) is 2. The van der Waals surface area contributed by atoms with Crippen LogP contribution in [-0.4, -0.2) is 20.9 Å². The predicted molar refractivity (Wildman–Crippen MR) is 105 cm³/mol. The number of rotatable bonds is 7. The molecule has 0 aliphatic carbocycles. The Labute approximate surface area is 160 Å². The highest BCUT2D eigenvalue weighted by molar-refractivity contribution is 7.89. The Morgan fingerprint density at radius 2 is 1.59 bits per heavy atom. The van der Waals surface area contributed by atoms with Crippen molar-refractivity contribution in [3.63, 3.8) is 0 Å². The van der Waals surface area contributed by atoms with Crippen molar-refractivity contribution in [2.75, 3.05) is 11.9 Å². The first-order chi connectivity index (χ1) is 12.6. The Morgan fingerprint density at radius 3 is 2.15 bits per heavy atom. The van der Waals surface area contributed by atoms with Gasteiger partial charge in [0, 0.05) is 18.7 Å². The Hall–Kier alpha value is -2.25. The minimum Gasteiger partial charge on any atom is -0.326 e. The van der Waals surface area contributed by atoms with E-state index in [1.807, 2.05) is 24.3 Å². The standard InChI is InChI=1S/C20H25FN2O3S/c1-20(2,3)15-6-10-17(11-7-15)23-19(24)5-4-14-22-27(25,26)18-12-8-16(21)9-13-18/h6-13,22H,4-5,14H2,1-3H3,(H,23,24). The van der Waals surface area contributed by atoms with E-state index >= 15 is 0 Å². The highest BCUT2D eigenvalue weighted by Crippen LogP contribution is 2.23. The van der Waals surface area contributed by atoms with Crippen molar-refractivity contribution in [2.45, 2.75) is 43.9 Å². The Bertz CT molecular complexity index is 871. The van der Waals surface area contributed by atoms with E-state index in [1.165, 1.54) is 17.7 Å². The number of anilines is 1. The molecule has 0 aromatic heterocycles. The largest absolute Gasteiger partial charge is 0.326 e. The van der Waals surface area contributed by atoms with Gasteiger partial charge in [0.25, 0.3) is 0 Å². The third-order valence-electron chi connectivity index (χ3n) is 4.03. The molecule has 2 aromatic carbocycles. The van der Waals surface area contributed by atoms with Crippen LogP contribution in [0.1, 0.15) is 39.2 Å². The van der Waals surface area contributed by atoms with Gasteiger partial charge in [-0.2, -0.15) is 0 Å². The van der Waals surface area contributed by atoms with Gasteiger partial charge in [0.2, 0.25) is 15.9 Å². The monoisotopic (exact) mass is 392 g/mol. The fraction of sp³-hybridized carbons (Fsp3) is 0.350. The average Bonchev–Trinajstić information content (AvgIpc) is 2.59. The van der Waals surface area contributed by atoms with Gasteiger partial charge in [0.1, 0.15) is 5.82 Å². The number of hydrogen-bond acceptors (Lipinski definition) is 3. The summed E-state index contributed by atoms with van der Waals surface area (Å²) in [6, 6.07) is 12.3. The van der Waals surface area contributed by atoms with Crippen molar-refractivity contribution in [2.24, 2.45) is 0 Å². The number of benzene rings is 2. The number of sulfonamides is 1. The van der Waals surface area contributed by atoms with Crippen molar-refractivity contribution < 1.29 is 17.6 Å². The topological polar surface area (TPSA) is 75.3 Å². The summed E-state index contributed by atoms with van der Waals surface area (Å²) in [5.74, 6) is -0.680. The average molecular weight is 392 g/mol. The number of amides is 1. The molecule has 2 N–H and O–H groups in total. The summed E-state index contributed by atoms with van der Waals surface area (Å²) in [4.78, 5) is 12.0. The predicted octanol–water partition coefficient (Wildman–Crippen LogP) is 3.82. The third-order valence-corrected chi connectivity index (χ3v) is 5.51. The van der Waals surface area contributed by atoms with Crippen LogP contribution in [0.5, 0.6) is 0 Å². The summed E-state index contributed by atoms with van der Waals surface area (Å²) in [5, 5.41) is 2.80. The van der Waals surface area contributed by atoms with Gasteiger partial charge in [-0.3, -0.25) is 4.79 Å². The van der Waals surface area contributed by atoms with Crippen LogP contribution in [0.4, 0.5) is 10.1 Å². The zero-order valence-electron chi connectivity index (χ0n) is 15.8. The molecule has 2 aromatic rings. The van der Waals surface area contributed by atoms with Crippen molar-refractivity contribution in [3.05, 3.63) is 59.9 Å². The highest BCUT2D eigenvalue weighted by atomic mass is 32.2. The van der Waals surface area contributed by atoms with Crippen LogP contribution in [-0.2, 0) is 20.2 Å². The van der Waals surface area contributed by atoms with Gasteiger partial charge in [0.15, 0.2) is 0 Å². The lowest BCUT2D eigenvalue weighted by molar-refractivity contribution is -0.116. The zero-order chi connectivity index (χ0) is 20.1. The summed E-state index contributed by atoms with van der Waals surface area (Å²) in [5.41, 5.74) is 1.93. The lowest BCUT2D eigenvalue weighted by Crippen LogP contribution is -2.25. The van der Waals surface area contributed by atoms with Crippen molar-refractivity contribution >= 4 is 21.6 Å². The maximum absolute atomic E-state index is 12.9. The SMILES string of the molecule is CC(C)(C)c1ccc(NC(=O)CCCNS(=O)(=O)c2ccc(F)cc2)cc1. The molecule has 27 heavy (non-hydrogen) atoms. The number of carbonyl (C=O) groups is 1. The normalized spacial score (nSPS) is 12.0. The van der Waals surface area contributed by atoms with Crippen molar-refractivity contribution in [1.29, 1.82) is 0 Å². The third kappa shape index (κ3) is 6.45. The smallest absolute Gasteiger partial charge is 0.240 e. The van der Waals surface area contributed by atoms with E-state index in [4.69, 9.17) is 0 Å². The maximum atomic E-state index is 12.9. The number of carbonyl (C=O) groups excluding carboxylic acids is 1. The van der Waals surface area contributed by atoms with Gasteiger partial charge in [-0.15, -0.1) is 0 Å². The van der Waals surface area contributed by atoms with Gasteiger partial charge >= 0.3 is 0 Å². The van der Waals surface area contributed by atoms with E-state index in [-0.39, 0.29) is 29.2 Å². The molecule has 2 rings (SSSR count). The Balaban J connectivity index is 1.78. The second-order valence-electron chi connectivity index (χ2n) is 7.33. The minimum atomic E-state index is -3.70. The van der Waals surface area contributed by atoms with E-state index < -0.39 is 15.8 Å². The summed E-state index contributed by atoms with van der Waals surface area (Å²) >= 11 is 0. The number of hydrogen-bond donors (Lipinski definition) is 2. The molecular weight excluding hydrogens is 367 g/mol. The van der Waals surface area contributed by atoms with E-state index in [2.05, 4.69) is 30.8 Å². The van der Waals surface area contributed by atoms with Gasteiger partial charge < -0.3 is 5.32 Å². The summed E-state index contributed by atoms with van der Waals surface area (Å²) in [7, 11) is -3.70. The van der Waals surface area contributed by atoms with E-state index in [9.17, 15) is 17.6 Å². The first kappa shape index (κ1) is 21.1. The van der Waals surface area contributed by atoms with E-state index in [0.29, 0.717) is 12.1 Å². The van der Waals surface area contributed by atoms with Gasteiger partial charge in [-0.1, -0.05) is 32.9 Å². The lowest BCUT2D eigenvalue weighted by Gasteiger charge is -2.19. The Morgan fingerprint density at radius 1 is 1.00 bits per heavy atom. The fourth-order valence-corrected chi connectivity index (χ4v) is 3.50. The molecule has 0 unspecified atom stereocenters. The molecular formula is C20H25FN2O3S. The van der Waals surface area contributed by atoms with E-state index in [0.717, 1.165) is 12.1 Å². The molecule has 0 bridgehead atoms. The van der Waals surface area contributed by atoms with Crippen LogP contribution in [0.3, 0.4) is 0 Å². The first-order valence-corrected chi connectivity index (χ1v) is 10.2. The summed E-state index contributed by atoms with van der Waals surface area (Å²) in [6.07, 6.45) is 0.541. The molecule has 0 atom stereocenters. The molecule has 1 amide bonds. The first-order valence-electron chi connectivity index (χ1n) is 8.73. The molecule has 0 radical (unpaired) electrons. The van der Waals surface area contributed by atoms with Gasteiger partial charge in [0.05, 0.1) is 4.90 Å². The molecule has 7 heteroatoms. The number of halogens is 1. The summed E-state index contributed by atoms with van der Waals surface area (Å²) in [6.45, 7) is 6.48. The van der Waals surface area contributed by atoms with Crippen LogP contribution in [0.2, 0.25) is 0 Å². The van der Waals surface area contributed by atoms with Crippen molar-refractivity contribution in [3.8, 4) is 0 Å². The van der Waals surface area contributed by atoms with Crippen LogP contribution < -0.4 is 10.0 Å². The van der Waals surface area contributed by atoms with Crippen LogP contribution in [0.15, 0.2) is 53.4 Å². The van der Waals surface area contributed by atoms with Gasteiger partial charge in [-0.05, 0) is 53.8 Å². The lowest BCUT2D eigenvalue weighted by atomic mass is 9.87. The quantitative estimate of drug-likeness (QED) is 0.704. The molecule has 5 nitrogen and oxygen atoms in total. The molecule has 0 aliphatic heterocycles. The van der Waals surface area contributed by atoms with E-state index in [1.54, 1.807) is 0 Å². The van der Waals surface area contributed by atoms with Crippen LogP contribution >= 0.6 is 0 Å². The summed E-state index contributed by atoms with van der Waals surface area (Å²) < 4.78 is 39.4. The van der Waals surface area contributed by atoms with Gasteiger partial charge in [-0.25, -0.2) is 17.5 Å². The molecule has 146 valence electrons. The fourth-order valence-electron chi connectivity index (χ4n) is 2.43. The zero-order valence-corrected chi connectivity index (χ0v) is 16.6. The maximum Gasteiger partial charge on any atom is 0.240 e. The second kappa shape index (κ2) is 8.63. The minimum absolute atomic E-state index is 0.00714. The highest BCUT2D eigenvalue weighted by Gasteiger charge is 2.14. The molecule has 0 fully saturated rings. The molecule has 0 saturated heterocycles. The molecule has 0 spiro atoms.